The summed E-state index contributed by atoms with van der Waals surface area (Å²) in [5, 5.41) is 4.12. The van der Waals surface area contributed by atoms with Crippen LogP contribution in [0.25, 0.3) is 0 Å². The van der Waals surface area contributed by atoms with Gasteiger partial charge in [0.25, 0.3) is 0 Å². The molecule has 0 fully saturated rings. The molecule has 0 radical (unpaired) electrons. The van der Waals surface area contributed by atoms with E-state index in [9.17, 15) is 8.42 Å². The Kier molecular flexibility index (Phi) is 6.96. The first-order chi connectivity index (χ1) is 8.96. The summed E-state index contributed by atoms with van der Waals surface area (Å²) in [6.45, 7) is 6.09. The van der Waals surface area contributed by atoms with Crippen molar-refractivity contribution >= 4 is 21.2 Å². The molecule has 0 atom stereocenters. The minimum Gasteiger partial charge on any atom is -0.312 e. The highest BCUT2D eigenvalue weighted by atomic mass is 32.2. The number of aryl methyl sites for hydroxylation is 1. The van der Waals surface area contributed by atoms with Gasteiger partial charge in [0.15, 0.2) is 9.84 Å². The van der Waals surface area contributed by atoms with Crippen molar-refractivity contribution in [1.29, 1.82) is 0 Å². The van der Waals surface area contributed by atoms with E-state index >= 15 is 0 Å². The van der Waals surface area contributed by atoms with Crippen molar-refractivity contribution in [2.75, 3.05) is 12.8 Å². The molecule has 0 amide bonds. The van der Waals surface area contributed by atoms with E-state index < -0.39 is 9.84 Å². The zero-order chi connectivity index (χ0) is 14.3. The second-order valence-electron chi connectivity index (χ2n) is 4.83. The Hall–Kier alpha value is -0.460. The minimum atomic E-state index is -3.00. The zero-order valence-corrected chi connectivity index (χ0v) is 13.7. The van der Waals surface area contributed by atoms with Gasteiger partial charge in [0.1, 0.15) is 10.8 Å². The van der Waals surface area contributed by atoms with Crippen LogP contribution in [0.1, 0.15) is 48.7 Å². The average Bonchev–Trinajstić information content (AvgIpc) is 2.65. The van der Waals surface area contributed by atoms with E-state index in [0.29, 0.717) is 0 Å². The molecule has 1 rings (SSSR count). The van der Waals surface area contributed by atoms with Crippen molar-refractivity contribution in [3.8, 4) is 0 Å². The standard InChI is InChI=1S/C13H24N2O2S2/c1-4-6-8-14-9-12-11(7-5-2)15-13(18-12)10-19(3,16)17/h14H,4-10H2,1-3H3. The Morgan fingerprint density at radius 3 is 2.58 bits per heavy atom. The number of hydrogen-bond acceptors (Lipinski definition) is 5. The predicted octanol–water partition coefficient (Wildman–Crippen LogP) is 2.53. The Bertz CT molecular complexity index is 481. The van der Waals surface area contributed by atoms with E-state index in [4.69, 9.17) is 0 Å². The summed E-state index contributed by atoms with van der Waals surface area (Å²) in [7, 11) is -3.00. The average molecular weight is 304 g/mol. The number of aromatic nitrogens is 1. The molecule has 0 aliphatic rings. The van der Waals surface area contributed by atoms with Crippen molar-refractivity contribution in [2.45, 2.75) is 51.8 Å². The van der Waals surface area contributed by atoms with Gasteiger partial charge in [0.2, 0.25) is 0 Å². The van der Waals surface area contributed by atoms with E-state index in [1.807, 2.05) is 0 Å². The smallest absolute Gasteiger partial charge is 0.153 e. The summed E-state index contributed by atoms with van der Waals surface area (Å²) in [4.78, 5) is 5.67. The SMILES string of the molecule is CCCCNCc1sc(CS(C)(=O)=O)nc1CCC. The molecule has 1 aromatic heterocycles. The van der Waals surface area contributed by atoms with Crippen LogP contribution in [0.15, 0.2) is 0 Å². The third-order valence-corrected chi connectivity index (χ3v) is 4.77. The first-order valence-electron chi connectivity index (χ1n) is 6.82. The van der Waals surface area contributed by atoms with Gasteiger partial charge in [-0.15, -0.1) is 11.3 Å². The van der Waals surface area contributed by atoms with Crippen molar-refractivity contribution in [1.82, 2.24) is 10.3 Å². The Balaban J connectivity index is 2.71. The lowest BCUT2D eigenvalue weighted by atomic mass is 10.2. The van der Waals surface area contributed by atoms with E-state index in [2.05, 4.69) is 24.1 Å². The number of nitrogens with one attached hydrogen (secondary N) is 1. The highest BCUT2D eigenvalue weighted by molar-refractivity contribution is 7.90. The third-order valence-electron chi connectivity index (χ3n) is 2.69. The van der Waals surface area contributed by atoms with Crippen LogP contribution in [0.3, 0.4) is 0 Å². The van der Waals surface area contributed by atoms with Crippen LogP contribution in [0.5, 0.6) is 0 Å². The number of nitrogens with zero attached hydrogens (tertiary/aromatic N) is 1. The molecule has 0 bridgehead atoms. The normalized spacial score (nSPS) is 11.9. The maximum absolute atomic E-state index is 11.3. The van der Waals surface area contributed by atoms with Gasteiger partial charge < -0.3 is 5.32 Å². The van der Waals surface area contributed by atoms with Gasteiger partial charge in [-0.25, -0.2) is 13.4 Å². The van der Waals surface area contributed by atoms with Gasteiger partial charge in [-0.2, -0.15) is 0 Å². The predicted molar refractivity (Wildman–Crippen MR) is 81.3 cm³/mol. The van der Waals surface area contributed by atoms with Crippen molar-refractivity contribution in [2.24, 2.45) is 0 Å². The van der Waals surface area contributed by atoms with Crippen molar-refractivity contribution in [3.05, 3.63) is 15.6 Å². The Morgan fingerprint density at radius 2 is 2.00 bits per heavy atom. The van der Waals surface area contributed by atoms with Crippen molar-refractivity contribution in [3.63, 3.8) is 0 Å². The number of sulfone groups is 1. The summed E-state index contributed by atoms with van der Waals surface area (Å²) >= 11 is 1.53. The lowest BCUT2D eigenvalue weighted by Gasteiger charge is -2.03. The molecule has 1 N–H and O–H groups in total. The topological polar surface area (TPSA) is 59.1 Å². The fourth-order valence-electron chi connectivity index (χ4n) is 1.80. The summed E-state index contributed by atoms with van der Waals surface area (Å²) in [6.07, 6.45) is 5.55. The highest BCUT2D eigenvalue weighted by Crippen LogP contribution is 2.21. The first-order valence-corrected chi connectivity index (χ1v) is 9.69. The van der Waals surface area contributed by atoms with Gasteiger partial charge in [0.05, 0.1) is 5.69 Å². The molecule has 0 unspecified atom stereocenters. The molecular weight excluding hydrogens is 280 g/mol. The number of thiazole rings is 1. The molecule has 0 saturated carbocycles. The van der Waals surface area contributed by atoms with Crippen LogP contribution in [0, 0.1) is 0 Å². The van der Waals surface area contributed by atoms with Gasteiger partial charge in [-0.1, -0.05) is 26.7 Å². The van der Waals surface area contributed by atoms with E-state index in [1.165, 1.54) is 28.9 Å². The molecule has 4 nitrogen and oxygen atoms in total. The summed E-state index contributed by atoms with van der Waals surface area (Å²) in [6, 6.07) is 0. The van der Waals surface area contributed by atoms with E-state index in [0.717, 1.165) is 43.1 Å². The molecule has 1 heterocycles. The highest BCUT2D eigenvalue weighted by Gasteiger charge is 2.14. The summed E-state index contributed by atoms with van der Waals surface area (Å²) < 4.78 is 22.7. The minimum absolute atomic E-state index is 0.0589. The summed E-state index contributed by atoms with van der Waals surface area (Å²) in [5.74, 6) is 0.0589. The molecule has 0 spiro atoms. The monoisotopic (exact) mass is 304 g/mol. The first kappa shape index (κ1) is 16.6. The molecule has 6 heteroatoms. The fourth-order valence-corrected chi connectivity index (χ4v) is 4.07. The van der Waals surface area contributed by atoms with Crippen LogP contribution >= 0.6 is 11.3 Å². The van der Waals surface area contributed by atoms with Gasteiger partial charge in [-0.05, 0) is 19.4 Å². The number of rotatable bonds is 9. The fraction of sp³-hybridized carbons (Fsp3) is 0.769. The van der Waals surface area contributed by atoms with Crippen LogP contribution in [0.4, 0.5) is 0 Å². The molecule has 0 aromatic carbocycles. The number of unbranched alkanes of at least 4 members (excludes halogenated alkanes) is 1. The second-order valence-corrected chi connectivity index (χ2v) is 8.14. The molecule has 19 heavy (non-hydrogen) atoms. The maximum atomic E-state index is 11.3. The zero-order valence-electron chi connectivity index (χ0n) is 12.0. The quantitative estimate of drug-likeness (QED) is 0.712. The molecule has 110 valence electrons. The lowest BCUT2D eigenvalue weighted by molar-refractivity contribution is 0.601. The Labute approximate surface area is 120 Å². The Morgan fingerprint density at radius 1 is 1.26 bits per heavy atom. The van der Waals surface area contributed by atoms with Gasteiger partial charge >= 0.3 is 0 Å². The lowest BCUT2D eigenvalue weighted by Crippen LogP contribution is -2.14. The van der Waals surface area contributed by atoms with E-state index in [1.54, 1.807) is 0 Å². The molecule has 0 aliphatic carbocycles. The molecule has 0 aliphatic heterocycles. The van der Waals surface area contributed by atoms with Crippen LogP contribution in [-0.4, -0.2) is 26.2 Å². The third kappa shape index (κ3) is 6.49. The molecule has 1 aromatic rings. The molecule has 0 saturated heterocycles. The van der Waals surface area contributed by atoms with Gasteiger partial charge in [0, 0.05) is 17.7 Å². The van der Waals surface area contributed by atoms with Crippen molar-refractivity contribution < 1.29 is 8.42 Å². The van der Waals surface area contributed by atoms with Gasteiger partial charge in [-0.3, -0.25) is 0 Å². The van der Waals surface area contributed by atoms with Crippen LogP contribution in [-0.2, 0) is 28.6 Å². The van der Waals surface area contributed by atoms with Crippen LogP contribution in [0.2, 0.25) is 0 Å². The second kappa shape index (κ2) is 7.97. The summed E-state index contributed by atoms with van der Waals surface area (Å²) in [5.41, 5.74) is 1.06. The van der Waals surface area contributed by atoms with Crippen LogP contribution < -0.4 is 5.32 Å². The van der Waals surface area contributed by atoms with E-state index in [-0.39, 0.29) is 5.75 Å². The number of hydrogen-bond donors (Lipinski definition) is 1. The molecular formula is C13H24N2O2S2. The maximum Gasteiger partial charge on any atom is 0.153 e. The largest absolute Gasteiger partial charge is 0.312 e.